The van der Waals surface area contributed by atoms with Gasteiger partial charge in [-0.05, 0) is 22.6 Å². The molecule has 1 aromatic rings. The number of aliphatic hydroxyl groups is 2. The molecule has 0 bridgehead atoms. The highest BCUT2D eigenvalue weighted by Gasteiger charge is 2.34. The van der Waals surface area contributed by atoms with Gasteiger partial charge in [0.15, 0.2) is 0 Å². The first-order valence-electron chi connectivity index (χ1n) is 4.98. The molecule has 6 nitrogen and oxygen atoms in total. The molecule has 1 fully saturated rings. The Bertz CT molecular complexity index is 528. The van der Waals surface area contributed by atoms with E-state index in [1.165, 1.54) is 22.5 Å². The maximum atomic E-state index is 11.6. The van der Waals surface area contributed by atoms with Crippen molar-refractivity contribution >= 4 is 34.4 Å². The summed E-state index contributed by atoms with van der Waals surface area (Å²) in [6, 6.07) is 0. The number of rotatable bonds is 2. The van der Waals surface area contributed by atoms with Gasteiger partial charge in [-0.15, -0.1) is 11.8 Å². The van der Waals surface area contributed by atoms with Crippen molar-refractivity contribution in [1.29, 1.82) is 0 Å². The number of aliphatic hydroxyl groups excluding tert-OH is 2. The molecule has 3 N–H and O–H groups in total. The maximum Gasteiger partial charge on any atom is 0.329 e. The van der Waals surface area contributed by atoms with E-state index in [0.717, 1.165) is 0 Å². The predicted molar refractivity (Wildman–Crippen MR) is 72.2 cm³/mol. The van der Waals surface area contributed by atoms with Crippen molar-refractivity contribution in [2.45, 2.75) is 23.1 Å². The van der Waals surface area contributed by atoms with Crippen LogP contribution in [0.3, 0.4) is 0 Å². The van der Waals surface area contributed by atoms with Crippen molar-refractivity contribution in [3.05, 3.63) is 30.6 Å². The Morgan fingerprint density at radius 2 is 2.29 bits per heavy atom. The molecule has 1 aliphatic rings. The van der Waals surface area contributed by atoms with Crippen LogP contribution >= 0.6 is 34.4 Å². The molecule has 1 aromatic heterocycles. The van der Waals surface area contributed by atoms with E-state index in [4.69, 9.17) is 5.11 Å². The van der Waals surface area contributed by atoms with Crippen LogP contribution in [0.1, 0.15) is 11.8 Å². The van der Waals surface area contributed by atoms with E-state index in [1.54, 1.807) is 0 Å². The zero-order valence-corrected chi connectivity index (χ0v) is 11.6. The second kappa shape index (κ2) is 5.12. The van der Waals surface area contributed by atoms with Crippen LogP contribution in [0.25, 0.3) is 0 Å². The summed E-state index contributed by atoms with van der Waals surface area (Å²) in [6.07, 6.45) is 1.23. The lowest BCUT2D eigenvalue weighted by Crippen LogP contribution is -2.32. The molecule has 2 unspecified atom stereocenters. The molecule has 0 spiro atoms. The molecule has 0 aromatic carbocycles. The summed E-state index contributed by atoms with van der Waals surface area (Å²) in [4.78, 5) is 25.1. The largest absolute Gasteiger partial charge is 0.395 e. The molecule has 0 amide bonds. The van der Waals surface area contributed by atoms with Crippen LogP contribution in [0.4, 0.5) is 0 Å². The molecule has 1 aliphatic heterocycles. The Labute approximate surface area is 114 Å². The molecule has 3 atom stereocenters. The molecule has 1 saturated heterocycles. The summed E-state index contributed by atoms with van der Waals surface area (Å²) in [5.74, 6) is 0. The number of halogens is 1. The van der Waals surface area contributed by atoms with Crippen LogP contribution in [-0.4, -0.2) is 37.7 Å². The normalized spacial score (nSPS) is 28.5. The maximum absolute atomic E-state index is 11.6. The molecular weight excluding hydrogens is 359 g/mol. The van der Waals surface area contributed by atoms with E-state index in [0.29, 0.717) is 9.99 Å². The highest BCUT2D eigenvalue weighted by Crippen LogP contribution is 2.40. The predicted octanol–water partition coefficient (Wildman–Crippen LogP) is -0.502. The van der Waals surface area contributed by atoms with Gasteiger partial charge in [-0.1, -0.05) is 0 Å². The zero-order chi connectivity index (χ0) is 12.6. The van der Waals surface area contributed by atoms with Crippen LogP contribution in [-0.2, 0) is 0 Å². The first-order chi connectivity index (χ1) is 8.02. The number of nitrogens with zero attached hydrogens (tertiary/aromatic N) is 1. The Balaban J connectivity index is 2.34. The van der Waals surface area contributed by atoms with Gasteiger partial charge in [-0.3, -0.25) is 14.3 Å². The number of hydrogen-bond donors (Lipinski definition) is 3. The van der Waals surface area contributed by atoms with E-state index >= 15 is 0 Å². The third-order valence-electron chi connectivity index (χ3n) is 2.62. The molecular formula is C9H11IN2O4S. The van der Waals surface area contributed by atoms with Gasteiger partial charge in [0.1, 0.15) is 0 Å². The van der Waals surface area contributed by atoms with E-state index in [9.17, 15) is 14.7 Å². The lowest BCUT2D eigenvalue weighted by atomic mass is 10.2. The van der Waals surface area contributed by atoms with Gasteiger partial charge in [-0.25, -0.2) is 4.79 Å². The molecule has 0 radical (unpaired) electrons. The molecule has 0 saturated carbocycles. The van der Waals surface area contributed by atoms with Gasteiger partial charge in [0.25, 0.3) is 5.56 Å². The number of nitrogens with one attached hydrogen (secondary N) is 1. The second-order valence-electron chi connectivity index (χ2n) is 3.76. The minimum atomic E-state index is -0.633. The molecule has 17 heavy (non-hydrogen) atoms. The van der Waals surface area contributed by atoms with Crippen molar-refractivity contribution in [2.24, 2.45) is 0 Å². The highest BCUT2D eigenvalue weighted by molar-refractivity contribution is 14.1. The number of thioether (sulfide) groups is 1. The molecule has 0 aliphatic carbocycles. The third-order valence-corrected chi connectivity index (χ3v) is 4.93. The van der Waals surface area contributed by atoms with Crippen molar-refractivity contribution < 1.29 is 10.2 Å². The minimum Gasteiger partial charge on any atom is -0.395 e. The van der Waals surface area contributed by atoms with Gasteiger partial charge in [0, 0.05) is 12.6 Å². The van der Waals surface area contributed by atoms with Gasteiger partial charge >= 0.3 is 5.69 Å². The van der Waals surface area contributed by atoms with Crippen LogP contribution in [0.2, 0.25) is 0 Å². The Morgan fingerprint density at radius 1 is 1.59 bits per heavy atom. The Kier molecular flexibility index (Phi) is 3.95. The molecule has 2 heterocycles. The fraction of sp³-hybridized carbons (Fsp3) is 0.556. The molecule has 8 heteroatoms. The Hall–Kier alpha value is -0.320. The first-order valence-corrected chi connectivity index (χ1v) is 7.00. The quantitative estimate of drug-likeness (QED) is 0.610. The molecule has 2 rings (SSSR count). The average molecular weight is 370 g/mol. The fourth-order valence-electron chi connectivity index (χ4n) is 1.72. The smallest absolute Gasteiger partial charge is 0.329 e. The van der Waals surface area contributed by atoms with E-state index in [1.807, 2.05) is 22.6 Å². The summed E-state index contributed by atoms with van der Waals surface area (Å²) in [5, 5.41) is 18.2. The van der Waals surface area contributed by atoms with Crippen LogP contribution in [0.15, 0.2) is 15.8 Å². The second-order valence-corrected chi connectivity index (χ2v) is 6.34. The van der Waals surface area contributed by atoms with Crippen molar-refractivity contribution in [3.8, 4) is 0 Å². The summed E-state index contributed by atoms with van der Waals surface area (Å²) < 4.78 is 1.82. The van der Waals surface area contributed by atoms with Crippen molar-refractivity contribution in [2.75, 3.05) is 6.61 Å². The Morgan fingerprint density at radius 3 is 2.88 bits per heavy atom. The highest BCUT2D eigenvalue weighted by atomic mass is 127. The van der Waals surface area contributed by atoms with E-state index < -0.39 is 17.4 Å². The molecule has 94 valence electrons. The summed E-state index contributed by atoms with van der Waals surface area (Å²) in [6.45, 7) is -0.127. The van der Waals surface area contributed by atoms with Gasteiger partial charge < -0.3 is 10.2 Å². The summed E-state index contributed by atoms with van der Waals surface area (Å²) in [7, 11) is 0. The monoisotopic (exact) mass is 370 g/mol. The lowest BCUT2D eigenvalue weighted by molar-refractivity contribution is 0.137. The van der Waals surface area contributed by atoms with Crippen molar-refractivity contribution in [3.63, 3.8) is 0 Å². The van der Waals surface area contributed by atoms with Gasteiger partial charge in [0.05, 0.1) is 26.9 Å². The van der Waals surface area contributed by atoms with Crippen LogP contribution in [0.5, 0.6) is 0 Å². The average Bonchev–Trinajstić information content (AvgIpc) is 2.65. The van der Waals surface area contributed by atoms with E-state index in [2.05, 4.69) is 4.98 Å². The zero-order valence-electron chi connectivity index (χ0n) is 8.67. The van der Waals surface area contributed by atoms with Gasteiger partial charge in [0.2, 0.25) is 0 Å². The van der Waals surface area contributed by atoms with Crippen LogP contribution in [0, 0.1) is 3.57 Å². The standard InChI is InChI=1S/C9H11IN2O4S/c10-4-2-12(9(16)11-8(4)15)7-1-5(14)6(3-13)17-7/h2,5-7,13-14H,1,3H2,(H,11,15,16)/t5?,6?,7-/m1/s1. The summed E-state index contributed by atoms with van der Waals surface area (Å²) >= 11 is 3.19. The third kappa shape index (κ3) is 2.59. The lowest BCUT2D eigenvalue weighted by Gasteiger charge is -2.12. The topological polar surface area (TPSA) is 95.3 Å². The number of aromatic amines is 1. The number of H-pyrrole nitrogens is 1. The van der Waals surface area contributed by atoms with Gasteiger partial charge in [-0.2, -0.15) is 0 Å². The number of aromatic nitrogens is 2. The first kappa shape index (κ1) is 13.1. The SMILES string of the molecule is O=c1[nH]c(=O)n([C@H]2CC(O)C(CO)S2)cc1I. The van der Waals surface area contributed by atoms with E-state index in [-0.39, 0.29) is 17.2 Å². The minimum absolute atomic E-state index is 0.127. The number of hydrogen-bond acceptors (Lipinski definition) is 5. The fourth-order valence-corrected chi connectivity index (χ4v) is 3.54. The van der Waals surface area contributed by atoms with Crippen molar-refractivity contribution in [1.82, 2.24) is 9.55 Å². The summed E-state index contributed by atoms with van der Waals surface area (Å²) in [5.41, 5.74) is -0.896. The van der Waals surface area contributed by atoms with Crippen LogP contribution < -0.4 is 11.2 Å².